The number of carbonyl (C=O) groups excluding carboxylic acids is 1. The van der Waals surface area contributed by atoms with Crippen LogP contribution in [0.5, 0.6) is 0 Å². The van der Waals surface area contributed by atoms with Crippen LogP contribution in [0, 0.1) is 0 Å². The molecule has 0 saturated carbocycles. The molecule has 1 aromatic rings. The number of ether oxygens (including phenoxy) is 1. The topological polar surface area (TPSA) is 55.6 Å². The fourth-order valence-corrected chi connectivity index (χ4v) is 2.82. The van der Waals surface area contributed by atoms with E-state index in [-0.39, 0.29) is 12.0 Å². The SMILES string of the molecule is CC(C)(C)OC(=O)N1C[C@@H](N)C[C@@H](c2cccc(C(F)(F)F)c2)C1. The number of likely N-dealkylation sites (tertiary alicyclic amines) is 1. The summed E-state index contributed by atoms with van der Waals surface area (Å²) in [7, 11) is 0. The third-order valence-electron chi connectivity index (χ3n) is 3.82. The lowest BCUT2D eigenvalue weighted by molar-refractivity contribution is -0.137. The first-order chi connectivity index (χ1) is 11.0. The molecule has 7 heteroatoms. The van der Waals surface area contributed by atoms with E-state index in [2.05, 4.69) is 0 Å². The number of piperidine rings is 1. The second-order valence-electron chi connectivity index (χ2n) is 7.20. The summed E-state index contributed by atoms with van der Waals surface area (Å²) in [6.07, 6.45) is -4.35. The smallest absolute Gasteiger partial charge is 0.416 e. The Kier molecular flexibility index (Phi) is 5.13. The van der Waals surface area contributed by atoms with E-state index in [9.17, 15) is 18.0 Å². The highest BCUT2D eigenvalue weighted by Crippen LogP contribution is 2.33. The minimum atomic E-state index is -4.39. The molecule has 24 heavy (non-hydrogen) atoms. The number of alkyl halides is 3. The quantitative estimate of drug-likeness (QED) is 0.844. The van der Waals surface area contributed by atoms with Crippen LogP contribution in [0.25, 0.3) is 0 Å². The fourth-order valence-electron chi connectivity index (χ4n) is 2.82. The molecule has 0 spiro atoms. The number of hydrogen-bond acceptors (Lipinski definition) is 3. The summed E-state index contributed by atoms with van der Waals surface area (Å²) in [6, 6.07) is 4.90. The fraction of sp³-hybridized carbons (Fsp3) is 0.588. The van der Waals surface area contributed by atoms with Crippen LogP contribution in [-0.2, 0) is 10.9 Å². The predicted octanol–water partition coefficient (Wildman–Crippen LogP) is 3.76. The van der Waals surface area contributed by atoms with Crippen molar-refractivity contribution in [3.05, 3.63) is 35.4 Å². The van der Waals surface area contributed by atoms with Gasteiger partial charge in [0.05, 0.1) is 5.56 Å². The van der Waals surface area contributed by atoms with Crippen LogP contribution >= 0.6 is 0 Å². The summed E-state index contributed by atoms with van der Waals surface area (Å²) in [4.78, 5) is 13.7. The number of nitrogens with zero attached hydrogens (tertiary/aromatic N) is 1. The molecule has 2 rings (SSSR count). The third-order valence-corrected chi connectivity index (χ3v) is 3.82. The van der Waals surface area contributed by atoms with Crippen molar-refractivity contribution in [3.8, 4) is 0 Å². The first kappa shape index (κ1) is 18.6. The van der Waals surface area contributed by atoms with Crippen LogP contribution in [0.15, 0.2) is 24.3 Å². The monoisotopic (exact) mass is 344 g/mol. The number of halogens is 3. The standard InChI is InChI=1S/C17H23F3N2O2/c1-16(2,3)24-15(23)22-9-12(8-14(21)10-22)11-5-4-6-13(7-11)17(18,19)20/h4-7,12,14H,8-10,21H2,1-3H3/t12-,14+/m1/s1. The maximum Gasteiger partial charge on any atom is 0.416 e. The molecule has 1 aliphatic heterocycles. The third kappa shape index (κ3) is 4.87. The van der Waals surface area contributed by atoms with Crippen LogP contribution in [0.2, 0.25) is 0 Å². The number of amides is 1. The van der Waals surface area contributed by atoms with E-state index < -0.39 is 23.4 Å². The summed E-state index contributed by atoms with van der Waals surface area (Å²) in [6.45, 7) is 5.92. The minimum Gasteiger partial charge on any atom is -0.444 e. The van der Waals surface area contributed by atoms with E-state index in [1.54, 1.807) is 26.8 Å². The van der Waals surface area contributed by atoms with Crippen LogP contribution in [0.4, 0.5) is 18.0 Å². The average molecular weight is 344 g/mol. The van der Waals surface area contributed by atoms with Gasteiger partial charge in [0.1, 0.15) is 5.60 Å². The van der Waals surface area contributed by atoms with Crippen molar-refractivity contribution in [2.75, 3.05) is 13.1 Å². The van der Waals surface area contributed by atoms with Gasteiger partial charge in [-0.05, 0) is 38.8 Å². The maximum absolute atomic E-state index is 12.9. The molecule has 1 saturated heterocycles. The summed E-state index contributed by atoms with van der Waals surface area (Å²) in [5.74, 6) is -0.247. The van der Waals surface area contributed by atoms with Crippen molar-refractivity contribution in [1.82, 2.24) is 4.90 Å². The van der Waals surface area contributed by atoms with Gasteiger partial charge in [-0.1, -0.05) is 18.2 Å². The Morgan fingerprint density at radius 3 is 2.50 bits per heavy atom. The van der Waals surface area contributed by atoms with Crippen molar-refractivity contribution < 1.29 is 22.7 Å². The van der Waals surface area contributed by atoms with Gasteiger partial charge in [-0.3, -0.25) is 0 Å². The summed E-state index contributed by atoms with van der Waals surface area (Å²) in [5, 5.41) is 0. The Bertz CT molecular complexity index is 596. The molecule has 0 unspecified atom stereocenters. The van der Waals surface area contributed by atoms with E-state index >= 15 is 0 Å². The Morgan fingerprint density at radius 2 is 1.92 bits per heavy atom. The van der Waals surface area contributed by atoms with Gasteiger partial charge in [0, 0.05) is 25.0 Å². The van der Waals surface area contributed by atoms with E-state index in [0.29, 0.717) is 25.1 Å². The maximum atomic E-state index is 12.9. The molecule has 134 valence electrons. The number of carbonyl (C=O) groups is 1. The zero-order valence-electron chi connectivity index (χ0n) is 14.1. The van der Waals surface area contributed by atoms with E-state index in [1.165, 1.54) is 11.0 Å². The van der Waals surface area contributed by atoms with Crippen LogP contribution in [0.1, 0.15) is 44.2 Å². The molecule has 1 aromatic carbocycles. The highest BCUT2D eigenvalue weighted by Gasteiger charge is 2.34. The largest absolute Gasteiger partial charge is 0.444 e. The van der Waals surface area contributed by atoms with Crippen molar-refractivity contribution in [2.45, 2.75) is 50.9 Å². The van der Waals surface area contributed by atoms with Gasteiger partial charge in [0.2, 0.25) is 0 Å². The molecule has 1 aliphatic rings. The molecule has 4 nitrogen and oxygen atoms in total. The first-order valence-corrected chi connectivity index (χ1v) is 7.86. The molecular weight excluding hydrogens is 321 g/mol. The number of rotatable bonds is 1. The lowest BCUT2D eigenvalue weighted by atomic mass is 9.87. The second-order valence-corrected chi connectivity index (χ2v) is 7.20. The number of benzene rings is 1. The summed E-state index contributed by atoms with van der Waals surface area (Å²) < 4.78 is 44.0. The molecule has 0 bridgehead atoms. The summed E-state index contributed by atoms with van der Waals surface area (Å²) >= 11 is 0. The lowest BCUT2D eigenvalue weighted by Gasteiger charge is -2.37. The Morgan fingerprint density at radius 1 is 1.25 bits per heavy atom. The molecule has 0 radical (unpaired) electrons. The van der Waals surface area contributed by atoms with Crippen molar-refractivity contribution in [2.24, 2.45) is 5.73 Å². The van der Waals surface area contributed by atoms with Crippen molar-refractivity contribution >= 4 is 6.09 Å². The van der Waals surface area contributed by atoms with Crippen molar-refractivity contribution in [1.29, 1.82) is 0 Å². The molecule has 0 aromatic heterocycles. The van der Waals surface area contributed by atoms with Gasteiger partial charge >= 0.3 is 12.3 Å². The molecule has 2 atom stereocenters. The lowest BCUT2D eigenvalue weighted by Crippen LogP contribution is -2.50. The van der Waals surface area contributed by atoms with Gasteiger partial charge in [-0.2, -0.15) is 13.2 Å². The summed E-state index contributed by atoms with van der Waals surface area (Å²) in [5.41, 5.74) is 5.22. The van der Waals surface area contributed by atoms with Gasteiger partial charge < -0.3 is 15.4 Å². The Hall–Kier alpha value is -1.76. The van der Waals surface area contributed by atoms with E-state index in [0.717, 1.165) is 12.1 Å². The molecular formula is C17H23F3N2O2. The average Bonchev–Trinajstić information content (AvgIpc) is 2.44. The minimum absolute atomic E-state index is 0.247. The molecule has 1 amide bonds. The number of nitrogens with two attached hydrogens (primary N) is 1. The Labute approximate surface area is 139 Å². The van der Waals surface area contributed by atoms with E-state index in [4.69, 9.17) is 10.5 Å². The molecule has 0 aliphatic carbocycles. The van der Waals surface area contributed by atoms with Gasteiger partial charge in [0.15, 0.2) is 0 Å². The van der Waals surface area contributed by atoms with E-state index in [1.807, 2.05) is 0 Å². The highest BCUT2D eigenvalue weighted by atomic mass is 19.4. The van der Waals surface area contributed by atoms with Gasteiger partial charge in [-0.15, -0.1) is 0 Å². The second kappa shape index (κ2) is 6.63. The van der Waals surface area contributed by atoms with Crippen LogP contribution < -0.4 is 5.73 Å². The van der Waals surface area contributed by atoms with Gasteiger partial charge in [0.25, 0.3) is 0 Å². The first-order valence-electron chi connectivity index (χ1n) is 7.86. The molecule has 2 N–H and O–H groups in total. The predicted molar refractivity (Wildman–Crippen MR) is 84.6 cm³/mol. The van der Waals surface area contributed by atoms with Crippen LogP contribution in [-0.4, -0.2) is 35.7 Å². The number of hydrogen-bond donors (Lipinski definition) is 1. The van der Waals surface area contributed by atoms with Crippen molar-refractivity contribution in [3.63, 3.8) is 0 Å². The highest BCUT2D eigenvalue weighted by molar-refractivity contribution is 5.68. The zero-order valence-corrected chi connectivity index (χ0v) is 14.1. The van der Waals surface area contributed by atoms with Crippen LogP contribution in [0.3, 0.4) is 0 Å². The molecule has 1 fully saturated rings. The van der Waals surface area contributed by atoms with Gasteiger partial charge in [-0.25, -0.2) is 4.79 Å². The Balaban J connectivity index is 2.18. The molecule has 1 heterocycles. The zero-order chi connectivity index (χ0) is 18.1. The normalized spacial score (nSPS) is 22.4.